The van der Waals surface area contributed by atoms with Crippen molar-refractivity contribution in [2.75, 3.05) is 0 Å². The normalized spacial score (nSPS) is 22.3. The van der Waals surface area contributed by atoms with Gasteiger partial charge in [-0.3, -0.25) is 14.2 Å². The molecule has 0 aliphatic heterocycles. The first-order valence-electron chi connectivity index (χ1n) is 7.05. The number of nitrogens with one attached hydrogen (secondary N) is 1. The van der Waals surface area contributed by atoms with Crippen molar-refractivity contribution in [3.05, 3.63) is 28.1 Å². The fraction of sp³-hybridized carbons (Fsp3) is 0.500. The SMILES string of the molecule is O=C(Cn1cnc2sccc2c1=O)NC1CCCCC1O. The highest BCUT2D eigenvalue weighted by atomic mass is 32.1. The molecule has 6 nitrogen and oxygen atoms in total. The summed E-state index contributed by atoms with van der Waals surface area (Å²) in [6, 6.07) is 1.51. The number of fused-ring (bicyclic) bond motifs is 1. The lowest BCUT2D eigenvalue weighted by Gasteiger charge is -2.28. The highest BCUT2D eigenvalue weighted by Gasteiger charge is 2.24. The van der Waals surface area contributed by atoms with Crippen molar-refractivity contribution < 1.29 is 9.90 Å². The second kappa shape index (κ2) is 5.95. The Bertz CT molecular complexity index is 709. The van der Waals surface area contributed by atoms with Crippen molar-refractivity contribution in [3.63, 3.8) is 0 Å². The number of aliphatic hydroxyl groups excluding tert-OH is 1. The topological polar surface area (TPSA) is 84.2 Å². The van der Waals surface area contributed by atoms with Gasteiger partial charge in [0.25, 0.3) is 5.56 Å². The van der Waals surface area contributed by atoms with E-state index in [0.29, 0.717) is 16.6 Å². The highest BCUT2D eigenvalue weighted by molar-refractivity contribution is 7.16. The zero-order chi connectivity index (χ0) is 14.8. The number of thiophene rings is 1. The van der Waals surface area contributed by atoms with Gasteiger partial charge in [0.05, 0.1) is 23.9 Å². The first-order valence-corrected chi connectivity index (χ1v) is 7.93. The molecule has 0 radical (unpaired) electrons. The maximum atomic E-state index is 12.2. The Hall–Kier alpha value is -1.73. The van der Waals surface area contributed by atoms with Gasteiger partial charge in [0, 0.05) is 0 Å². The van der Waals surface area contributed by atoms with E-state index in [1.165, 1.54) is 22.2 Å². The smallest absolute Gasteiger partial charge is 0.262 e. The highest BCUT2D eigenvalue weighted by Crippen LogP contribution is 2.18. The molecule has 1 saturated carbocycles. The summed E-state index contributed by atoms with van der Waals surface area (Å²) >= 11 is 1.40. The molecule has 2 unspecified atom stereocenters. The van der Waals surface area contributed by atoms with E-state index in [-0.39, 0.29) is 24.1 Å². The molecule has 1 aliphatic carbocycles. The summed E-state index contributed by atoms with van der Waals surface area (Å²) in [5.74, 6) is -0.264. The van der Waals surface area contributed by atoms with Gasteiger partial charge in [-0.15, -0.1) is 11.3 Å². The van der Waals surface area contributed by atoms with Crippen LogP contribution in [0.2, 0.25) is 0 Å². The molecular formula is C14H17N3O3S. The van der Waals surface area contributed by atoms with Crippen LogP contribution in [0.4, 0.5) is 0 Å². The first-order chi connectivity index (χ1) is 10.1. The van der Waals surface area contributed by atoms with Gasteiger partial charge in [-0.05, 0) is 24.3 Å². The number of carbonyl (C=O) groups excluding carboxylic acids is 1. The van der Waals surface area contributed by atoms with Crippen LogP contribution < -0.4 is 10.9 Å². The number of carbonyl (C=O) groups is 1. The molecule has 0 bridgehead atoms. The molecule has 2 N–H and O–H groups in total. The Morgan fingerprint density at radius 2 is 2.29 bits per heavy atom. The molecule has 0 saturated heterocycles. The van der Waals surface area contributed by atoms with Crippen LogP contribution in [0.25, 0.3) is 10.2 Å². The summed E-state index contributed by atoms with van der Waals surface area (Å²) < 4.78 is 1.31. The zero-order valence-corrected chi connectivity index (χ0v) is 12.3. The van der Waals surface area contributed by atoms with E-state index in [1.807, 2.05) is 5.38 Å². The Balaban J connectivity index is 1.71. The van der Waals surface area contributed by atoms with E-state index in [0.717, 1.165) is 19.3 Å². The largest absolute Gasteiger partial charge is 0.391 e. The second-order valence-corrected chi connectivity index (χ2v) is 6.24. The van der Waals surface area contributed by atoms with Crippen LogP contribution in [-0.2, 0) is 11.3 Å². The molecular weight excluding hydrogens is 290 g/mol. The molecule has 0 spiro atoms. The van der Waals surface area contributed by atoms with E-state index < -0.39 is 6.10 Å². The van der Waals surface area contributed by atoms with E-state index >= 15 is 0 Å². The molecule has 2 heterocycles. The van der Waals surface area contributed by atoms with Gasteiger partial charge in [-0.1, -0.05) is 12.8 Å². The van der Waals surface area contributed by atoms with Crippen LogP contribution in [-0.4, -0.2) is 32.7 Å². The van der Waals surface area contributed by atoms with Crippen LogP contribution in [0, 0.1) is 0 Å². The van der Waals surface area contributed by atoms with E-state index in [9.17, 15) is 14.7 Å². The maximum Gasteiger partial charge on any atom is 0.262 e. The monoisotopic (exact) mass is 307 g/mol. The summed E-state index contributed by atoms with van der Waals surface area (Å²) in [5.41, 5.74) is -0.208. The first kappa shape index (κ1) is 14.2. The van der Waals surface area contributed by atoms with Crippen LogP contribution in [0.1, 0.15) is 25.7 Å². The van der Waals surface area contributed by atoms with Gasteiger partial charge < -0.3 is 10.4 Å². The minimum absolute atomic E-state index is 0.0686. The van der Waals surface area contributed by atoms with Gasteiger partial charge in [-0.25, -0.2) is 4.98 Å². The Labute approximate surface area is 125 Å². The molecule has 2 atom stereocenters. The Morgan fingerprint density at radius 1 is 1.48 bits per heavy atom. The van der Waals surface area contributed by atoms with Crippen molar-refractivity contribution in [3.8, 4) is 0 Å². The van der Waals surface area contributed by atoms with Crippen molar-refractivity contribution >= 4 is 27.5 Å². The number of hydrogen-bond acceptors (Lipinski definition) is 5. The standard InChI is InChI=1S/C14H17N3O3S/c18-11-4-2-1-3-10(11)16-12(19)7-17-8-15-13-9(14(17)20)5-6-21-13/h5-6,8,10-11,18H,1-4,7H2,(H,16,19). The van der Waals surface area contributed by atoms with Gasteiger partial charge in [0.15, 0.2) is 0 Å². The summed E-state index contributed by atoms with van der Waals surface area (Å²) in [6.45, 7) is -0.0686. The Kier molecular flexibility index (Phi) is 4.03. The van der Waals surface area contributed by atoms with Crippen molar-refractivity contribution in [1.29, 1.82) is 0 Å². The summed E-state index contributed by atoms with van der Waals surface area (Å²) in [5, 5.41) is 15.0. The number of rotatable bonds is 3. The van der Waals surface area contributed by atoms with E-state index in [1.54, 1.807) is 6.07 Å². The molecule has 2 aromatic heterocycles. The van der Waals surface area contributed by atoms with Crippen LogP contribution in [0.5, 0.6) is 0 Å². The molecule has 112 valence electrons. The summed E-state index contributed by atoms with van der Waals surface area (Å²) in [6.07, 6.45) is 4.40. The number of aliphatic hydroxyl groups is 1. The quantitative estimate of drug-likeness (QED) is 0.881. The predicted molar refractivity (Wildman–Crippen MR) is 80.3 cm³/mol. The van der Waals surface area contributed by atoms with Gasteiger partial charge >= 0.3 is 0 Å². The van der Waals surface area contributed by atoms with Crippen LogP contribution in [0.15, 0.2) is 22.6 Å². The number of aromatic nitrogens is 2. The molecule has 3 rings (SSSR count). The van der Waals surface area contributed by atoms with Gasteiger partial charge in [-0.2, -0.15) is 0 Å². The molecule has 1 amide bonds. The fourth-order valence-electron chi connectivity index (χ4n) is 2.69. The summed E-state index contributed by atoms with van der Waals surface area (Å²) in [7, 11) is 0. The lowest BCUT2D eigenvalue weighted by molar-refractivity contribution is -0.123. The van der Waals surface area contributed by atoms with Crippen molar-refractivity contribution in [1.82, 2.24) is 14.9 Å². The third-order valence-electron chi connectivity index (χ3n) is 3.84. The van der Waals surface area contributed by atoms with Gasteiger partial charge in [0.1, 0.15) is 11.4 Å². The zero-order valence-electron chi connectivity index (χ0n) is 11.5. The van der Waals surface area contributed by atoms with E-state index in [2.05, 4.69) is 10.3 Å². The average Bonchev–Trinajstić information content (AvgIpc) is 2.94. The third kappa shape index (κ3) is 2.98. The Morgan fingerprint density at radius 3 is 3.10 bits per heavy atom. The van der Waals surface area contributed by atoms with Crippen LogP contribution in [0.3, 0.4) is 0 Å². The molecule has 1 fully saturated rings. The predicted octanol–water partition coefficient (Wildman–Crippen LogP) is 0.878. The number of hydrogen-bond donors (Lipinski definition) is 2. The minimum atomic E-state index is -0.489. The van der Waals surface area contributed by atoms with Crippen LogP contribution >= 0.6 is 11.3 Å². The summed E-state index contributed by atoms with van der Waals surface area (Å²) in [4.78, 5) is 29.1. The number of nitrogens with zero attached hydrogens (tertiary/aromatic N) is 2. The lowest BCUT2D eigenvalue weighted by atomic mass is 9.92. The van der Waals surface area contributed by atoms with E-state index in [4.69, 9.17) is 0 Å². The third-order valence-corrected chi connectivity index (χ3v) is 4.66. The molecule has 7 heteroatoms. The van der Waals surface area contributed by atoms with Crippen molar-refractivity contribution in [2.45, 2.75) is 44.4 Å². The van der Waals surface area contributed by atoms with Gasteiger partial charge in [0.2, 0.25) is 5.91 Å². The number of amides is 1. The fourth-order valence-corrected chi connectivity index (χ4v) is 3.42. The lowest BCUT2D eigenvalue weighted by Crippen LogP contribution is -2.46. The average molecular weight is 307 g/mol. The second-order valence-electron chi connectivity index (χ2n) is 5.34. The molecule has 1 aliphatic rings. The molecule has 2 aromatic rings. The maximum absolute atomic E-state index is 12.2. The van der Waals surface area contributed by atoms with Crippen molar-refractivity contribution in [2.24, 2.45) is 0 Å². The molecule has 21 heavy (non-hydrogen) atoms. The minimum Gasteiger partial charge on any atom is -0.391 e. The molecule has 0 aromatic carbocycles.